The molecule has 100 valence electrons. The number of hydrogen-bond acceptors (Lipinski definition) is 2. The molecule has 1 atom stereocenters. The first-order valence-electron chi connectivity index (χ1n) is 6.66. The van der Waals surface area contributed by atoms with Gasteiger partial charge in [-0.3, -0.25) is 4.79 Å². The highest BCUT2D eigenvalue weighted by Gasteiger charge is 2.30. The molecule has 1 fully saturated rings. The van der Waals surface area contributed by atoms with E-state index in [1.54, 1.807) is 0 Å². The van der Waals surface area contributed by atoms with Gasteiger partial charge in [0.1, 0.15) is 0 Å². The van der Waals surface area contributed by atoms with E-state index in [1.807, 2.05) is 30.5 Å². The maximum atomic E-state index is 12.3. The van der Waals surface area contributed by atoms with Gasteiger partial charge in [-0.2, -0.15) is 0 Å². The summed E-state index contributed by atoms with van der Waals surface area (Å²) in [7, 11) is 0. The first kappa shape index (κ1) is 12.2. The Morgan fingerprint density at radius 1 is 1.47 bits per heavy atom. The molecule has 1 aliphatic heterocycles. The van der Waals surface area contributed by atoms with Crippen molar-refractivity contribution in [3.63, 3.8) is 0 Å². The molecule has 1 unspecified atom stereocenters. The summed E-state index contributed by atoms with van der Waals surface area (Å²) >= 11 is 0. The predicted octanol–water partition coefficient (Wildman–Crippen LogP) is 2.47. The first-order valence-corrected chi connectivity index (χ1v) is 6.66. The Balaban J connectivity index is 1.75. The van der Waals surface area contributed by atoms with Crippen LogP contribution in [0.2, 0.25) is 0 Å². The Kier molecular flexibility index (Phi) is 3.03. The lowest BCUT2D eigenvalue weighted by Gasteiger charge is -2.23. The van der Waals surface area contributed by atoms with Gasteiger partial charge in [-0.1, -0.05) is 6.07 Å². The molecule has 0 radical (unpaired) electrons. The SMILES string of the molecule is CC1(CNC(=O)c2cccc3[nH]ccc23)CCCO1. The highest BCUT2D eigenvalue weighted by Crippen LogP contribution is 2.24. The molecule has 2 aromatic rings. The predicted molar refractivity (Wildman–Crippen MR) is 74.2 cm³/mol. The molecule has 1 aliphatic rings. The average molecular weight is 258 g/mol. The quantitative estimate of drug-likeness (QED) is 0.888. The third-order valence-electron chi connectivity index (χ3n) is 3.76. The van der Waals surface area contributed by atoms with Crippen molar-refractivity contribution >= 4 is 16.8 Å². The molecule has 0 spiro atoms. The van der Waals surface area contributed by atoms with Crippen molar-refractivity contribution in [3.05, 3.63) is 36.0 Å². The van der Waals surface area contributed by atoms with Crippen molar-refractivity contribution in [3.8, 4) is 0 Å². The van der Waals surface area contributed by atoms with Crippen LogP contribution < -0.4 is 5.32 Å². The van der Waals surface area contributed by atoms with Crippen LogP contribution in [0.15, 0.2) is 30.5 Å². The lowest BCUT2D eigenvalue weighted by atomic mass is 10.0. The van der Waals surface area contributed by atoms with Crippen LogP contribution in [-0.4, -0.2) is 29.6 Å². The maximum absolute atomic E-state index is 12.3. The minimum atomic E-state index is -0.207. The topological polar surface area (TPSA) is 54.1 Å². The zero-order chi connectivity index (χ0) is 13.3. The zero-order valence-corrected chi connectivity index (χ0v) is 11.0. The summed E-state index contributed by atoms with van der Waals surface area (Å²) in [5, 5.41) is 3.94. The second-order valence-electron chi connectivity index (χ2n) is 5.33. The molecule has 1 aromatic carbocycles. The molecule has 0 saturated carbocycles. The molecule has 3 rings (SSSR count). The summed E-state index contributed by atoms with van der Waals surface area (Å²) in [6.45, 7) is 3.41. The van der Waals surface area contributed by atoms with Gasteiger partial charge in [0.15, 0.2) is 0 Å². The van der Waals surface area contributed by atoms with Crippen molar-refractivity contribution < 1.29 is 9.53 Å². The number of nitrogens with one attached hydrogen (secondary N) is 2. The van der Waals surface area contributed by atoms with Crippen molar-refractivity contribution in [1.29, 1.82) is 0 Å². The van der Waals surface area contributed by atoms with Crippen LogP contribution in [0.3, 0.4) is 0 Å². The normalized spacial score (nSPS) is 22.8. The molecule has 4 heteroatoms. The van der Waals surface area contributed by atoms with E-state index in [0.29, 0.717) is 12.1 Å². The number of carbonyl (C=O) groups excluding carboxylic acids is 1. The molecule has 1 saturated heterocycles. The van der Waals surface area contributed by atoms with Gasteiger partial charge in [0, 0.05) is 35.8 Å². The number of rotatable bonds is 3. The van der Waals surface area contributed by atoms with Crippen molar-refractivity contribution in [2.24, 2.45) is 0 Å². The van der Waals surface area contributed by atoms with E-state index in [1.165, 1.54) is 0 Å². The van der Waals surface area contributed by atoms with Gasteiger partial charge in [0.2, 0.25) is 0 Å². The van der Waals surface area contributed by atoms with E-state index in [9.17, 15) is 4.79 Å². The molecule has 2 heterocycles. The Labute approximate surface area is 112 Å². The Morgan fingerprint density at radius 3 is 3.16 bits per heavy atom. The summed E-state index contributed by atoms with van der Waals surface area (Å²) < 4.78 is 5.68. The monoisotopic (exact) mass is 258 g/mol. The fourth-order valence-electron chi connectivity index (χ4n) is 2.62. The molecular formula is C15H18N2O2. The fraction of sp³-hybridized carbons (Fsp3) is 0.400. The smallest absolute Gasteiger partial charge is 0.252 e. The second-order valence-corrected chi connectivity index (χ2v) is 5.33. The summed E-state index contributed by atoms with van der Waals surface area (Å²) in [6, 6.07) is 7.64. The number of aromatic amines is 1. The molecule has 1 amide bonds. The van der Waals surface area contributed by atoms with Gasteiger partial charge < -0.3 is 15.0 Å². The van der Waals surface area contributed by atoms with E-state index in [0.717, 1.165) is 30.4 Å². The van der Waals surface area contributed by atoms with Crippen LogP contribution in [-0.2, 0) is 4.74 Å². The minimum absolute atomic E-state index is 0.0399. The number of ether oxygens (including phenoxy) is 1. The van der Waals surface area contributed by atoms with Crippen molar-refractivity contribution in [1.82, 2.24) is 10.3 Å². The standard InChI is InChI=1S/C15H18N2O2/c1-15(7-3-9-19-15)10-17-14(18)12-4-2-5-13-11(12)6-8-16-13/h2,4-6,8,16H,3,7,9-10H2,1H3,(H,17,18). The highest BCUT2D eigenvalue weighted by molar-refractivity contribution is 6.06. The minimum Gasteiger partial charge on any atom is -0.373 e. The third kappa shape index (κ3) is 2.36. The molecule has 0 aliphatic carbocycles. The largest absolute Gasteiger partial charge is 0.373 e. The van der Waals surface area contributed by atoms with E-state index in [2.05, 4.69) is 17.2 Å². The van der Waals surface area contributed by atoms with Gasteiger partial charge in [-0.25, -0.2) is 0 Å². The number of hydrogen-bond donors (Lipinski definition) is 2. The Hall–Kier alpha value is -1.81. The van der Waals surface area contributed by atoms with Gasteiger partial charge >= 0.3 is 0 Å². The second kappa shape index (κ2) is 4.70. The van der Waals surface area contributed by atoms with Crippen LogP contribution in [0.5, 0.6) is 0 Å². The van der Waals surface area contributed by atoms with E-state index in [-0.39, 0.29) is 11.5 Å². The number of fused-ring (bicyclic) bond motifs is 1. The van der Waals surface area contributed by atoms with Gasteiger partial charge in [0.25, 0.3) is 5.91 Å². The van der Waals surface area contributed by atoms with Crippen LogP contribution in [0.4, 0.5) is 0 Å². The lowest BCUT2D eigenvalue weighted by molar-refractivity contribution is 0.0206. The Bertz CT molecular complexity index is 597. The molecule has 0 bridgehead atoms. The summed E-state index contributed by atoms with van der Waals surface area (Å²) in [6.07, 6.45) is 3.92. The van der Waals surface area contributed by atoms with Crippen molar-refractivity contribution in [2.45, 2.75) is 25.4 Å². The molecule has 4 nitrogen and oxygen atoms in total. The molecular weight excluding hydrogens is 240 g/mol. The third-order valence-corrected chi connectivity index (χ3v) is 3.76. The summed E-state index contributed by atoms with van der Waals surface area (Å²) in [4.78, 5) is 15.4. The van der Waals surface area contributed by atoms with Crippen LogP contribution in [0.25, 0.3) is 10.9 Å². The molecule has 1 aromatic heterocycles. The van der Waals surface area contributed by atoms with Gasteiger partial charge in [-0.15, -0.1) is 0 Å². The molecule has 19 heavy (non-hydrogen) atoms. The van der Waals surface area contributed by atoms with Crippen LogP contribution >= 0.6 is 0 Å². The average Bonchev–Trinajstić information content (AvgIpc) is 3.04. The summed E-state index contributed by atoms with van der Waals surface area (Å²) in [5.74, 6) is -0.0399. The lowest BCUT2D eigenvalue weighted by Crippen LogP contribution is -2.40. The number of H-pyrrole nitrogens is 1. The number of amides is 1. The van der Waals surface area contributed by atoms with Crippen molar-refractivity contribution in [2.75, 3.05) is 13.2 Å². The van der Waals surface area contributed by atoms with Crippen LogP contribution in [0.1, 0.15) is 30.1 Å². The first-order chi connectivity index (χ1) is 9.18. The van der Waals surface area contributed by atoms with Gasteiger partial charge in [-0.05, 0) is 38.0 Å². The highest BCUT2D eigenvalue weighted by atomic mass is 16.5. The summed E-state index contributed by atoms with van der Waals surface area (Å²) in [5.41, 5.74) is 1.48. The van der Waals surface area contributed by atoms with Gasteiger partial charge in [0.05, 0.1) is 5.60 Å². The van der Waals surface area contributed by atoms with Crippen LogP contribution in [0, 0.1) is 0 Å². The molecule has 2 N–H and O–H groups in total. The van der Waals surface area contributed by atoms with E-state index < -0.39 is 0 Å². The maximum Gasteiger partial charge on any atom is 0.252 e. The number of benzene rings is 1. The zero-order valence-electron chi connectivity index (χ0n) is 11.0. The number of carbonyl (C=O) groups is 1. The Morgan fingerprint density at radius 2 is 2.37 bits per heavy atom. The van der Waals surface area contributed by atoms with E-state index >= 15 is 0 Å². The fourth-order valence-corrected chi connectivity index (χ4v) is 2.62. The van der Waals surface area contributed by atoms with E-state index in [4.69, 9.17) is 4.74 Å². The number of aromatic nitrogens is 1.